The van der Waals surface area contributed by atoms with Crippen LogP contribution >= 0.6 is 0 Å². The Bertz CT molecular complexity index is 423. The van der Waals surface area contributed by atoms with Crippen molar-refractivity contribution in [1.82, 2.24) is 0 Å². The van der Waals surface area contributed by atoms with Crippen molar-refractivity contribution >= 4 is 9.52 Å². The van der Waals surface area contributed by atoms with E-state index in [0.717, 1.165) is 12.1 Å². The van der Waals surface area contributed by atoms with Crippen molar-refractivity contribution < 1.29 is 4.74 Å². The second kappa shape index (κ2) is 9.63. The Hall–Kier alpha value is -0.603. The average molecular weight is 333 g/mol. The minimum atomic E-state index is -0.225. The third kappa shape index (κ3) is 5.76. The van der Waals surface area contributed by atoms with E-state index in [1.807, 2.05) is 0 Å². The van der Waals surface area contributed by atoms with Crippen LogP contribution in [-0.4, -0.2) is 21.9 Å². The van der Waals surface area contributed by atoms with Crippen LogP contribution in [0.3, 0.4) is 0 Å². The SMILES string of the molecule is CCCCCCC([SiH2]C1CCCCO1)C(C)(C)c1ccccc1. The minimum Gasteiger partial charge on any atom is -0.382 e. The van der Waals surface area contributed by atoms with Crippen molar-refractivity contribution in [3.8, 4) is 0 Å². The van der Waals surface area contributed by atoms with Crippen LogP contribution in [-0.2, 0) is 10.2 Å². The molecule has 2 heteroatoms. The Morgan fingerprint density at radius 2 is 1.91 bits per heavy atom. The second-order valence-corrected chi connectivity index (χ2v) is 10.2. The third-order valence-electron chi connectivity index (χ3n) is 5.77. The lowest BCUT2D eigenvalue weighted by Crippen LogP contribution is -2.36. The van der Waals surface area contributed by atoms with Gasteiger partial charge in [-0.05, 0) is 35.8 Å². The number of ether oxygens (including phenoxy) is 1. The second-order valence-electron chi connectivity index (χ2n) is 7.86. The zero-order valence-electron chi connectivity index (χ0n) is 15.5. The van der Waals surface area contributed by atoms with Gasteiger partial charge in [0.1, 0.15) is 0 Å². The summed E-state index contributed by atoms with van der Waals surface area (Å²) < 4.78 is 6.13. The number of hydrogen-bond donors (Lipinski definition) is 0. The van der Waals surface area contributed by atoms with Gasteiger partial charge in [0, 0.05) is 12.3 Å². The van der Waals surface area contributed by atoms with Crippen LogP contribution in [0.2, 0.25) is 5.54 Å². The van der Waals surface area contributed by atoms with E-state index >= 15 is 0 Å². The molecule has 1 fully saturated rings. The molecule has 0 radical (unpaired) electrons. The maximum absolute atomic E-state index is 6.13. The molecule has 130 valence electrons. The quantitative estimate of drug-likeness (QED) is 0.433. The van der Waals surface area contributed by atoms with E-state index in [4.69, 9.17) is 4.74 Å². The topological polar surface area (TPSA) is 9.23 Å². The molecule has 0 aliphatic carbocycles. The van der Waals surface area contributed by atoms with Gasteiger partial charge in [-0.1, -0.05) is 83.2 Å². The van der Waals surface area contributed by atoms with Crippen LogP contribution in [0.4, 0.5) is 0 Å². The van der Waals surface area contributed by atoms with Gasteiger partial charge >= 0.3 is 0 Å². The number of benzene rings is 1. The lowest BCUT2D eigenvalue weighted by atomic mass is 9.79. The summed E-state index contributed by atoms with van der Waals surface area (Å²) in [6.07, 6.45) is 10.9. The van der Waals surface area contributed by atoms with Gasteiger partial charge in [-0.2, -0.15) is 0 Å². The lowest BCUT2D eigenvalue weighted by molar-refractivity contribution is 0.0634. The Balaban J connectivity index is 2.04. The summed E-state index contributed by atoms with van der Waals surface area (Å²) in [5.74, 6) is 0. The van der Waals surface area contributed by atoms with Crippen molar-refractivity contribution in [2.45, 2.75) is 88.8 Å². The molecule has 0 N–H and O–H groups in total. The van der Waals surface area contributed by atoms with Gasteiger partial charge in [0.25, 0.3) is 0 Å². The van der Waals surface area contributed by atoms with Gasteiger partial charge in [-0.25, -0.2) is 0 Å². The number of rotatable bonds is 9. The normalized spacial score (nSPS) is 20.9. The van der Waals surface area contributed by atoms with E-state index in [0.29, 0.717) is 11.1 Å². The Kier molecular flexibility index (Phi) is 7.85. The largest absolute Gasteiger partial charge is 0.382 e. The molecule has 2 rings (SSSR count). The van der Waals surface area contributed by atoms with Crippen LogP contribution in [0.1, 0.15) is 77.7 Å². The van der Waals surface area contributed by atoms with Gasteiger partial charge in [-0.15, -0.1) is 0 Å². The van der Waals surface area contributed by atoms with E-state index < -0.39 is 0 Å². The summed E-state index contributed by atoms with van der Waals surface area (Å²) in [5.41, 5.74) is 3.29. The van der Waals surface area contributed by atoms with Crippen LogP contribution < -0.4 is 0 Å². The molecule has 1 aromatic carbocycles. The fourth-order valence-electron chi connectivity index (χ4n) is 4.00. The van der Waals surface area contributed by atoms with Crippen molar-refractivity contribution in [3.05, 3.63) is 35.9 Å². The van der Waals surface area contributed by atoms with Crippen molar-refractivity contribution in [3.63, 3.8) is 0 Å². The smallest absolute Gasteiger partial charge is 0.0595 e. The van der Waals surface area contributed by atoms with Gasteiger partial charge in [-0.3, -0.25) is 0 Å². The standard InChI is InChI=1S/C21H36OSi/c1-4-5-6-10-15-19(23-20-16-11-12-17-22-20)21(2,3)18-13-8-7-9-14-18/h7-9,13-14,19-20H,4-6,10-12,15-17,23H2,1-3H3. The highest BCUT2D eigenvalue weighted by molar-refractivity contribution is 6.39. The van der Waals surface area contributed by atoms with E-state index in [1.54, 1.807) is 0 Å². The molecule has 2 unspecified atom stereocenters. The van der Waals surface area contributed by atoms with E-state index in [-0.39, 0.29) is 9.52 Å². The molecule has 0 aromatic heterocycles. The first-order valence-electron chi connectivity index (χ1n) is 9.81. The highest BCUT2D eigenvalue weighted by Crippen LogP contribution is 2.40. The summed E-state index contributed by atoms with van der Waals surface area (Å²) in [6, 6.07) is 11.2. The fraction of sp³-hybridized carbons (Fsp3) is 0.714. The summed E-state index contributed by atoms with van der Waals surface area (Å²) in [5, 5.41) is 0. The maximum atomic E-state index is 6.13. The van der Waals surface area contributed by atoms with E-state index in [9.17, 15) is 0 Å². The molecule has 1 heterocycles. The Morgan fingerprint density at radius 3 is 2.57 bits per heavy atom. The van der Waals surface area contributed by atoms with E-state index in [1.165, 1.54) is 56.9 Å². The predicted molar refractivity (Wildman–Crippen MR) is 104 cm³/mol. The molecule has 1 aliphatic rings. The van der Waals surface area contributed by atoms with Crippen LogP contribution in [0.15, 0.2) is 30.3 Å². The highest BCUT2D eigenvalue weighted by Gasteiger charge is 2.33. The summed E-state index contributed by atoms with van der Waals surface area (Å²) in [7, 11) is -0.225. The molecule has 1 saturated heterocycles. The molecule has 23 heavy (non-hydrogen) atoms. The van der Waals surface area contributed by atoms with Crippen LogP contribution in [0.25, 0.3) is 0 Å². The third-order valence-corrected chi connectivity index (χ3v) is 8.93. The maximum Gasteiger partial charge on any atom is 0.0595 e. The first kappa shape index (κ1) is 18.7. The van der Waals surface area contributed by atoms with Crippen molar-refractivity contribution in [1.29, 1.82) is 0 Å². The highest BCUT2D eigenvalue weighted by atomic mass is 28.2. The summed E-state index contributed by atoms with van der Waals surface area (Å²) in [4.78, 5) is 0. The number of hydrogen-bond acceptors (Lipinski definition) is 1. The average Bonchev–Trinajstić information content (AvgIpc) is 2.59. The molecule has 0 spiro atoms. The monoisotopic (exact) mass is 332 g/mol. The van der Waals surface area contributed by atoms with Crippen molar-refractivity contribution in [2.75, 3.05) is 6.61 Å². The summed E-state index contributed by atoms with van der Waals surface area (Å²) >= 11 is 0. The minimum absolute atomic E-state index is 0.225. The first-order chi connectivity index (χ1) is 11.1. The lowest BCUT2D eigenvalue weighted by Gasteiger charge is -2.38. The molecule has 1 aromatic rings. The predicted octanol–water partition coefficient (Wildman–Crippen LogP) is 5.42. The van der Waals surface area contributed by atoms with Gasteiger partial charge in [0.05, 0.1) is 9.52 Å². The fourth-order valence-corrected chi connectivity index (χ4v) is 6.82. The zero-order chi connectivity index (χ0) is 16.5. The molecule has 1 aliphatic heterocycles. The molecular weight excluding hydrogens is 296 g/mol. The number of unbranched alkanes of at least 4 members (excludes halogenated alkanes) is 3. The Labute approximate surface area is 146 Å². The molecule has 2 atom stereocenters. The van der Waals surface area contributed by atoms with Gasteiger partial charge in [0.2, 0.25) is 0 Å². The van der Waals surface area contributed by atoms with Gasteiger partial charge in [0.15, 0.2) is 0 Å². The van der Waals surface area contributed by atoms with Crippen molar-refractivity contribution in [2.24, 2.45) is 0 Å². The Morgan fingerprint density at radius 1 is 1.13 bits per heavy atom. The molecule has 0 bridgehead atoms. The molecular formula is C21H36OSi. The molecule has 0 saturated carbocycles. The molecule has 1 nitrogen and oxygen atoms in total. The van der Waals surface area contributed by atoms with Crippen LogP contribution in [0.5, 0.6) is 0 Å². The summed E-state index contributed by atoms with van der Waals surface area (Å²) in [6.45, 7) is 8.26. The zero-order valence-corrected chi connectivity index (χ0v) is 16.9. The first-order valence-corrected chi connectivity index (χ1v) is 11.4. The van der Waals surface area contributed by atoms with E-state index in [2.05, 4.69) is 51.1 Å². The van der Waals surface area contributed by atoms with Crippen LogP contribution in [0, 0.1) is 0 Å². The van der Waals surface area contributed by atoms with Gasteiger partial charge < -0.3 is 4.74 Å². The molecule has 0 amide bonds.